The van der Waals surface area contributed by atoms with E-state index < -0.39 is 29.4 Å². The van der Waals surface area contributed by atoms with Crippen molar-refractivity contribution in [1.82, 2.24) is 0 Å². The van der Waals surface area contributed by atoms with Crippen molar-refractivity contribution in [2.75, 3.05) is 20.5 Å². The summed E-state index contributed by atoms with van der Waals surface area (Å²) < 4.78 is 27.9. The van der Waals surface area contributed by atoms with Gasteiger partial charge in [0.15, 0.2) is 5.79 Å². The Hall–Kier alpha value is -1.16. The zero-order chi connectivity index (χ0) is 18.7. The summed E-state index contributed by atoms with van der Waals surface area (Å²) in [6.07, 6.45) is -1.44. The van der Waals surface area contributed by atoms with E-state index >= 15 is 0 Å². The molecule has 1 aromatic rings. The maximum absolute atomic E-state index is 12.2. The average Bonchev–Trinajstić information content (AvgIpc) is 2.95. The van der Waals surface area contributed by atoms with Crippen molar-refractivity contribution >= 4 is 17.7 Å². The Labute approximate surface area is 156 Å². The number of ether oxygens (including phenoxy) is 5. The van der Waals surface area contributed by atoms with Gasteiger partial charge in [0.1, 0.15) is 37.1 Å². The van der Waals surface area contributed by atoms with Crippen LogP contribution in [0.3, 0.4) is 0 Å². The first-order chi connectivity index (χ1) is 12.4. The number of benzene rings is 1. The highest BCUT2D eigenvalue weighted by atomic mass is 32.2. The molecule has 0 unspecified atom stereocenters. The molecule has 0 radical (unpaired) electrons. The van der Waals surface area contributed by atoms with Crippen LogP contribution in [-0.2, 0) is 23.7 Å². The number of fused-ring (bicyclic) bond motifs is 1. The van der Waals surface area contributed by atoms with E-state index in [-0.39, 0.29) is 24.8 Å². The Kier molecular flexibility index (Phi) is 6.21. The van der Waals surface area contributed by atoms with Crippen LogP contribution in [0, 0.1) is 0 Å². The molecule has 1 aromatic carbocycles. The van der Waals surface area contributed by atoms with E-state index in [0.717, 1.165) is 0 Å². The second kappa shape index (κ2) is 8.24. The molecule has 7 nitrogen and oxygen atoms in total. The summed E-state index contributed by atoms with van der Waals surface area (Å²) in [5.74, 6) is -1.22. The Bertz CT molecular complexity index is 609. The van der Waals surface area contributed by atoms with Crippen LogP contribution in [0.15, 0.2) is 30.3 Å². The monoisotopic (exact) mass is 384 g/mol. The topological polar surface area (TPSA) is 83.5 Å². The first-order valence-corrected chi connectivity index (χ1v) is 9.37. The van der Waals surface area contributed by atoms with Gasteiger partial charge in [-0.25, -0.2) is 4.79 Å². The molecule has 2 aliphatic heterocycles. The molecule has 2 saturated heterocycles. The molecule has 26 heavy (non-hydrogen) atoms. The fourth-order valence-corrected chi connectivity index (χ4v) is 4.39. The summed E-state index contributed by atoms with van der Waals surface area (Å²) in [5, 5.41) is 10.2. The van der Waals surface area contributed by atoms with E-state index in [0.29, 0.717) is 5.56 Å². The zero-order valence-electron chi connectivity index (χ0n) is 15.0. The van der Waals surface area contributed by atoms with Crippen molar-refractivity contribution in [3.63, 3.8) is 0 Å². The summed E-state index contributed by atoms with van der Waals surface area (Å²) in [5.41, 5.74) is -0.361. The van der Waals surface area contributed by atoms with Crippen LogP contribution in [0.5, 0.6) is 0 Å². The van der Waals surface area contributed by atoms with E-state index in [9.17, 15) is 9.90 Å². The van der Waals surface area contributed by atoms with Gasteiger partial charge in [-0.3, -0.25) is 0 Å². The molecule has 1 N–H and O–H groups in total. The summed E-state index contributed by atoms with van der Waals surface area (Å²) in [7, 11) is 1.52. The average molecular weight is 384 g/mol. The van der Waals surface area contributed by atoms with Crippen molar-refractivity contribution in [3.05, 3.63) is 35.9 Å². The van der Waals surface area contributed by atoms with E-state index in [1.54, 1.807) is 24.3 Å². The minimum atomic E-state index is -0.843. The Morgan fingerprint density at radius 3 is 2.62 bits per heavy atom. The number of hydrogen-bond donors (Lipinski definition) is 1. The molecule has 2 fully saturated rings. The Morgan fingerprint density at radius 2 is 1.92 bits per heavy atom. The number of aliphatic hydroxyl groups excluding tert-OH is 1. The van der Waals surface area contributed by atoms with E-state index in [2.05, 4.69) is 0 Å². The van der Waals surface area contributed by atoms with Gasteiger partial charge in [0, 0.05) is 7.11 Å². The first-order valence-electron chi connectivity index (χ1n) is 8.43. The molecule has 5 atom stereocenters. The van der Waals surface area contributed by atoms with Gasteiger partial charge in [-0.15, -0.1) is 11.8 Å². The molecule has 0 saturated carbocycles. The van der Waals surface area contributed by atoms with Crippen LogP contribution < -0.4 is 0 Å². The molecule has 0 amide bonds. The van der Waals surface area contributed by atoms with Crippen LogP contribution in [0.4, 0.5) is 0 Å². The summed E-state index contributed by atoms with van der Waals surface area (Å²) in [4.78, 5) is 12.2. The summed E-state index contributed by atoms with van der Waals surface area (Å²) in [6, 6.07) is 8.78. The number of thioether (sulfide) groups is 1. The lowest BCUT2D eigenvalue weighted by Gasteiger charge is -2.38. The first kappa shape index (κ1) is 19.6. The standard InChI is InChI=1S/C18H24O7S/c1-18(2)24-13-12(9-22-16(19)11-7-5-4-6-8-11)26-17(20)15(14(13)25-18)23-10-21-3/h4-8,12-15,17,20H,9-10H2,1-3H3/t12-,13-,14+,15-,17+/m1/s1. The quantitative estimate of drug-likeness (QED) is 0.587. The fourth-order valence-electron chi connectivity index (χ4n) is 3.13. The molecule has 0 aromatic heterocycles. The van der Waals surface area contributed by atoms with Crippen molar-refractivity contribution < 1.29 is 33.6 Å². The second-order valence-electron chi connectivity index (χ2n) is 6.63. The van der Waals surface area contributed by atoms with Gasteiger partial charge in [0.2, 0.25) is 0 Å². The Balaban J connectivity index is 1.67. The van der Waals surface area contributed by atoms with Crippen molar-refractivity contribution in [2.45, 2.75) is 48.6 Å². The highest BCUT2D eigenvalue weighted by Gasteiger charge is 2.55. The molecule has 144 valence electrons. The predicted molar refractivity (Wildman–Crippen MR) is 94.7 cm³/mol. The maximum Gasteiger partial charge on any atom is 0.338 e. The molecule has 0 aliphatic carbocycles. The predicted octanol–water partition coefficient (Wildman–Crippen LogP) is 1.79. The molecule has 2 aliphatic rings. The van der Waals surface area contributed by atoms with Crippen molar-refractivity contribution in [1.29, 1.82) is 0 Å². The highest BCUT2D eigenvalue weighted by Crippen LogP contribution is 2.43. The van der Waals surface area contributed by atoms with E-state index in [4.69, 9.17) is 23.7 Å². The van der Waals surface area contributed by atoms with Crippen LogP contribution in [0.25, 0.3) is 0 Å². The van der Waals surface area contributed by atoms with Crippen LogP contribution >= 0.6 is 11.8 Å². The second-order valence-corrected chi connectivity index (χ2v) is 7.99. The number of methoxy groups -OCH3 is 1. The smallest absolute Gasteiger partial charge is 0.338 e. The highest BCUT2D eigenvalue weighted by molar-refractivity contribution is 8.00. The minimum absolute atomic E-state index is 0.0446. The number of aliphatic hydroxyl groups is 1. The molecule has 8 heteroatoms. The number of hydrogen-bond acceptors (Lipinski definition) is 8. The molecule has 0 spiro atoms. The van der Waals surface area contributed by atoms with Crippen molar-refractivity contribution in [3.8, 4) is 0 Å². The van der Waals surface area contributed by atoms with Crippen LogP contribution in [0.1, 0.15) is 24.2 Å². The molecule has 0 bridgehead atoms. The summed E-state index contributed by atoms with van der Waals surface area (Å²) >= 11 is 1.25. The van der Waals surface area contributed by atoms with Gasteiger partial charge in [-0.05, 0) is 26.0 Å². The van der Waals surface area contributed by atoms with Gasteiger partial charge in [-0.1, -0.05) is 18.2 Å². The van der Waals surface area contributed by atoms with E-state index in [1.807, 2.05) is 19.9 Å². The third kappa shape index (κ3) is 4.39. The zero-order valence-corrected chi connectivity index (χ0v) is 15.8. The van der Waals surface area contributed by atoms with Crippen LogP contribution in [0.2, 0.25) is 0 Å². The minimum Gasteiger partial charge on any atom is -0.461 e. The third-order valence-electron chi connectivity index (χ3n) is 4.22. The lowest BCUT2D eigenvalue weighted by atomic mass is 10.0. The van der Waals surface area contributed by atoms with Gasteiger partial charge < -0.3 is 28.8 Å². The van der Waals surface area contributed by atoms with Gasteiger partial charge in [0.05, 0.1) is 10.8 Å². The summed E-state index contributed by atoms with van der Waals surface area (Å²) in [6.45, 7) is 3.77. The lowest BCUT2D eigenvalue weighted by Crippen LogP contribution is -2.54. The largest absolute Gasteiger partial charge is 0.461 e. The fraction of sp³-hybridized carbons (Fsp3) is 0.611. The Morgan fingerprint density at radius 1 is 1.23 bits per heavy atom. The van der Waals surface area contributed by atoms with Gasteiger partial charge >= 0.3 is 5.97 Å². The van der Waals surface area contributed by atoms with Crippen molar-refractivity contribution in [2.24, 2.45) is 0 Å². The maximum atomic E-state index is 12.2. The third-order valence-corrected chi connectivity index (χ3v) is 5.52. The molecule has 2 heterocycles. The van der Waals surface area contributed by atoms with Gasteiger partial charge in [0.25, 0.3) is 0 Å². The number of carbonyl (C=O) groups excluding carboxylic acids is 1. The van der Waals surface area contributed by atoms with E-state index in [1.165, 1.54) is 18.9 Å². The lowest BCUT2D eigenvalue weighted by molar-refractivity contribution is -0.178. The molecular weight excluding hydrogens is 360 g/mol. The van der Waals surface area contributed by atoms with Crippen LogP contribution in [-0.4, -0.2) is 66.4 Å². The number of carbonyl (C=O) groups is 1. The SMILES string of the molecule is COCO[C@@H]1[C@H]2OC(C)(C)O[C@@H]2[C@@H](COC(=O)c2ccccc2)S[C@@H]1O. The number of rotatable bonds is 6. The van der Waals surface area contributed by atoms with Gasteiger partial charge in [-0.2, -0.15) is 0 Å². The normalized spacial score (nSPS) is 32.8. The number of esters is 1. The molecule has 3 rings (SSSR count). The molecular formula is C18H24O7S.